The first kappa shape index (κ1) is 20.4. The minimum absolute atomic E-state index is 0.275. The van der Waals surface area contributed by atoms with Crippen LogP contribution < -0.4 is 10.5 Å². The van der Waals surface area contributed by atoms with Crippen molar-refractivity contribution in [3.63, 3.8) is 0 Å². The van der Waals surface area contributed by atoms with Crippen LogP contribution in [0.5, 0.6) is 5.75 Å². The van der Waals surface area contributed by atoms with Gasteiger partial charge in [0.15, 0.2) is 0 Å². The Labute approximate surface area is 179 Å². The van der Waals surface area contributed by atoms with Gasteiger partial charge in [-0.15, -0.1) is 0 Å². The number of ether oxygens (including phenoxy) is 1. The number of hydrogen-bond donors (Lipinski definition) is 1. The molecule has 0 heterocycles. The van der Waals surface area contributed by atoms with E-state index < -0.39 is 0 Å². The Morgan fingerprint density at radius 1 is 0.967 bits per heavy atom. The third-order valence-corrected chi connectivity index (χ3v) is 6.03. The highest BCUT2D eigenvalue weighted by Gasteiger charge is 2.46. The number of nitrogens with two attached hydrogens (primary N) is 1. The summed E-state index contributed by atoms with van der Waals surface area (Å²) in [6, 6.07) is 29.5. The average Bonchev–Trinajstić information content (AvgIpc) is 3.38. The topological polar surface area (TPSA) is 47.6 Å². The van der Waals surface area contributed by atoms with E-state index in [1.807, 2.05) is 18.2 Å². The lowest BCUT2D eigenvalue weighted by Gasteiger charge is -2.12. The molecule has 0 radical (unpaired) electrons. The molecule has 1 fully saturated rings. The fourth-order valence-electron chi connectivity index (χ4n) is 3.76. The molecule has 0 amide bonds. The molecule has 2 atom stereocenters. The highest BCUT2D eigenvalue weighted by Crippen LogP contribution is 2.46. The van der Waals surface area contributed by atoms with Gasteiger partial charge in [-0.3, -0.25) is 4.99 Å². The molecule has 3 heteroatoms. The predicted molar refractivity (Wildman–Crippen MR) is 124 cm³/mol. The van der Waals surface area contributed by atoms with Crippen LogP contribution in [0.1, 0.15) is 36.5 Å². The van der Waals surface area contributed by atoms with Crippen molar-refractivity contribution in [1.29, 1.82) is 0 Å². The van der Waals surface area contributed by atoms with Gasteiger partial charge in [0.1, 0.15) is 5.75 Å². The largest absolute Gasteiger partial charge is 0.494 e. The van der Waals surface area contributed by atoms with Crippen LogP contribution >= 0.6 is 0 Å². The number of nitrogens with zero attached hydrogens (tertiary/aromatic N) is 1. The van der Waals surface area contributed by atoms with Gasteiger partial charge < -0.3 is 10.5 Å². The van der Waals surface area contributed by atoms with Crippen molar-refractivity contribution >= 4 is 5.71 Å². The molecule has 0 bridgehead atoms. The van der Waals surface area contributed by atoms with Gasteiger partial charge in [0.05, 0.1) is 12.3 Å². The summed E-state index contributed by atoms with van der Waals surface area (Å²) in [5.74, 6) is 0.931. The van der Waals surface area contributed by atoms with Gasteiger partial charge >= 0.3 is 0 Å². The van der Waals surface area contributed by atoms with E-state index in [1.54, 1.807) is 0 Å². The maximum absolute atomic E-state index is 6.00. The lowest BCUT2D eigenvalue weighted by atomic mass is 10.0. The van der Waals surface area contributed by atoms with Crippen molar-refractivity contribution < 1.29 is 4.74 Å². The molecule has 1 aliphatic carbocycles. The molecule has 3 aromatic carbocycles. The molecule has 4 rings (SSSR count). The maximum Gasteiger partial charge on any atom is 0.119 e. The Kier molecular flexibility index (Phi) is 6.29. The van der Waals surface area contributed by atoms with Crippen molar-refractivity contribution in [3.8, 4) is 5.75 Å². The van der Waals surface area contributed by atoms with Crippen LogP contribution in [0.25, 0.3) is 0 Å². The van der Waals surface area contributed by atoms with E-state index in [0.717, 1.165) is 55.0 Å². The highest BCUT2D eigenvalue weighted by molar-refractivity contribution is 6.12. The molecule has 1 saturated carbocycles. The summed E-state index contributed by atoms with van der Waals surface area (Å²) < 4.78 is 5.99. The van der Waals surface area contributed by atoms with Crippen LogP contribution in [0.4, 0.5) is 0 Å². The van der Waals surface area contributed by atoms with E-state index in [9.17, 15) is 0 Å². The molecule has 2 N–H and O–H groups in total. The molecule has 3 nitrogen and oxygen atoms in total. The fourth-order valence-corrected chi connectivity index (χ4v) is 3.76. The van der Waals surface area contributed by atoms with Gasteiger partial charge in [-0.2, -0.15) is 0 Å². The Morgan fingerprint density at radius 3 is 2.20 bits per heavy atom. The molecular formula is C27H30N2O. The van der Waals surface area contributed by atoms with Crippen LogP contribution in [0.2, 0.25) is 0 Å². The summed E-state index contributed by atoms with van der Waals surface area (Å²) in [6.07, 6.45) is 3.00. The van der Waals surface area contributed by atoms with Crippen LogP contribution in [0.15, 0.2) is 89.9 Å². The standard InChI is InChI=1S/C27H30N2O/c1-27(20-25(27)28)16-18-30-24-14-8-9-21(19-24)15-17-29-26(22-10-4-2-5-11-22)23-12-6-3-7-13-23/h2-14,19,25H,15-18,20,28H2,1H3. The third-order valence-electron chi connectivity index (χ3n) is 6.03. The lowest BCUT2D eigenvalue weighted by Crippen LogP contribution is -2.14. The molecule has 0 aliphatic heterocycles. The zero-order chi connectivity index (χ0) is 20.8. The summed E-state index contributed by atoms with van der Waals surface area (Å²) in [6.45, 7) is 3.69. The van der Waals surface area contributed by atoms with E-state index >= 15 is 0 Å². The second-order valence-electron chi connectivity index (χ2n) is 8.42. The van der Waals surface area contributed by atoms with Crippen molar-refractivity contribution in [2.75, 3.05) is 13.2 Å². The van der Waals surface area contributed by atoms with Gasteiger partial charge in [0, 0.05) is 23.7 Å². The molecule has 0 saturated heterocycles. The van der Waals surface area contributed by atoms with Crippen molar-refractivity contribution in [2.45, 2.75) is 32.2 Å². The Bertz CT molecular complexity index is 943. The first-order valence-electron chi connectivity index (χ1n) is 10.8. The number of benzene rings is 3. The average molecular weight is 399 g/mol. The van der Waals surface area contributed by atoms with Crippen molar-refractivity contribution in [1.82, 2.24) is 0 Å². The Hall–Kier alpha value is -2.91. The van der Waals surface area contributed by atoms with Crippen molar-refractivity contribution in [2.24, 2.45) is 16.1 Å². The zero-order valence-corrected chi connectivity index (χ0v) is 17.6. The van der Waals surface area contributed by atoms with E-state index in [0.29, 0.717) is 6.04 Å². The lowest BCUT2D eigenvalue weighted by molar-refractivity contribution is 0.274. The number of rotatable bonds is 9. The van der Waals surface area contributed by atoms with E-state index in [4.69, 9.17) is 15.5 Å². The molecule has 3 aromatic rings. The molecule has 2 unspecified atom stereocenters. The second kappa shape index (κ2) is 9.27. The summed E-state index contributed by atoms with van der Waals surface area (Å²) in [5.41, 5.74) is 10.8. The Balaban J connectivity index is 1.39. The van der Waals surface area contributed by atoms with Gasteiger partial charge in [-0.1, -0.05) is 79.7 Å². The molecule has 0 spiro atoms. The normalized spacial score (nSPS) is 19.9. The van der Waals surface area contributed by atoms with Gasteiger partial charge in [0.2, 0.25) is 0 Å². The summed E-state index contributed by atoms with van der Waals surface area (Å²) in [4.78, 5) is 4.96. The quantitative estimate of drug-likeness (QED) is 0.499. The van der Waals surface area contributed by atoms with Crippen LogP contribution in [-0.2, 0) is 6.42 Å². The third kappa shape index (κ3) is 5.17. The summed E-state index contributed by atoms with van der Waals surface area (Å²) in [5, 5.41) is 0. The van der Waals surface area contributed by atoms with Crippen LogP contribution in [0, 0.1) is 5.41 Å². The number of aliphatic imine (C=N–C) groups is 1. The highest BCUT2D eigenvalue weighted by atomic mass is 16.5. The monoisotopic (exact) mass is 398 g/mol. The molecule has 1 aliphatic rings. The van der Waals surface area contributed by atoms with E-state index in [2.05, 4.69) is 73.7 Å². The number of hydrogen-bond acceptors (Lipinski definition) is 3. The molecule has 0 aromatic heterocycles. The minimum atomic E-state index is 0.275. The SMILES string of the molecule is CC1(CCOc2cccc(CCN=C(c3ccccc3)c3ccccc3)c2)CC1N. The first-order chi connectivity index (χ1) is 14.6. The molecular weight excluding hydrogens is 368 g/mol. The van der Waals surface area contributed by atoms with Gasteiger partial charge in [-0.25, -0.2) is 0 Å². The minimum Gasteiger partial charge on any atom is -0.494 e. The van der Waals surface area contributed by atoms with Gasteiger partial charge in [-0.05, 0) is 42.4 Å². The molecule has 154 valence electrons. The van der Waals surface area contributed by atoms with Crippen molar-refractivity contribution in [3.05, 3.63) is 102 Å². The van der Waals surface area contributed by atoms with Crippen LogP contribution in [0.3, 0.4) is 0 Å². The second-order valence-corrected chi connectivity index (χ2v) is 8.42. The maximum atomic E-state index is 6.00. The molecule has 30 heavy (non-hydrogen) atoms. The predicted octanol–water partition coefficient (Wildman–Crippen LogP) is 5.27. The van der Waals surface area contributed by atoms with E-state index in [1.165, 1.54) is 5.56 Å². The Morgan fingerprint density at radius 2 is 1.60 bits per heavy atom. The van der Waals surface area contributed by atoms with Gasteiger partial charge in [0.25, 0.3) is 0 Å². The fraction of sp³-hybridized carbons (Fsp3) is 0.296. The first-order valence-corrected chi connectivity index (χ1v) is 10.8. The summed E-state index contributed by atoms with van der Waals surface area (Å²) >= 11 is 0. The zero-order valence-electron chi connectivity index (χ0n) is 17.6. The van der Waals surface area contributed by atoms with Crippen LogP contribution in [-0.4, -0.2) is 24.9 Å². The summed E-state index contributed by atoms with van der Waals surface area (Å²) in [7, 11) is 0. The van der Waals surface area contributed by atoms with E-state index in [-0.39, 0.29) is 5.41 Å². The smallest absolute Gasteiger partial charge is 0.119 e.